The normalized spacial score (nSPS) is 10.6. The van der Waals surface area contributed by atoms with E-state index in [-0.39, 0.29) is 5.78 Å². The van der Waals surface area contributed by atoms with Crippen molar-refractivity contribution < 1.29 is 4.79 Å². The fourth-order valence-electron chi connectivity index (χ4n) is 1.36. The van der Waals surface area contributed by atoms with Crippen LogP contribution < -0.4 is 0 Å². The molecular weight excluding hydrogens is 278 g/mol. The Hall–Kier alpha value is -1.01. The molecule has 6 heteroatoms. The van der Waals surface area contributed by atoms with Crippen LogP contribution in [0.2, 0.25) is 0 Å². The summed E-state index contributed by atoms with van der Waals surface area (Å²) in [6, 6.07) is 0. The van der Waals surface area contributed by atoms with E-state index in [0.717, 1.165) is 10.0 Å². The summed E-state index contributed by atoms with van der Waals surface area (Å²) in [6.07, 6.45) is 1.67. The predicted octanol–water partition coefficient (Wildman–Crippen LogP) is 2.18. The van der Waals surface area contributed by atoms with Gasteiger partial charge < -0.3 is 0 Å². The lowest BCUT2D eigenvalue weighted by molar-refractivity contribution is 0.102. The standard InChI is InChI=1S/C9H8BrN3OS/c1-5-3-11-13(2)8(5)9(14)7-6(10)4-15-12-7/h3-4H,1-2H3. The molecule has 0 aromatic carbocycles. The number of aromatic nitrogens is 3. The average molecular weight is 286 g/mol. The number of hydrogen-bond acceptors (Lipinski definition) is 4. The Morgan fingerprint density at radius 3 is 2.80 bits per heavy atom. The van der Waals surface area contributed by atoms with E-state index in [1.54, 1.807) is 23.3 Å². The van der Waals surface area contributed by atoms with Crippen LogP contribution in [0, 0.1) is 6.92 Å². The van der Waals surface area contributed by atoms with Crippen LogP contribution in [0.5, 0.6) is 0 Å². The molecule has 0 fully saturated rings. The van der Waals surface area contributed by atoms with Crippen molar-refractivity contribution in [3.8, 4) is 0 Å². The lowest BCUT2D eigenvalue weighted by atomic mass is 10.1. The topological polar surface area (TPSA) is 47.8 Å². The smallest absolute Gasteiger partial charge is 0.231 e. The first-order chi connectivity index (χ1) is 7.11. The highest BCUT2D eigenvalue weighted by Gasteiger charge is 2.20. The zero-order valence-electron chi connectivity index (χ0n) is 8.19. The molecule has 0 saturated carbocycles. The van der Waals surface area contributed by atoms with Gasteiger partial charge in [-0.3, -0.25) is 9.48 Å². The molecule has 0 radical (unpaired) electrons. The van der Waals surface area contributed by atoms with E-state index >= 15 is 0 Å². The Kier molecular flexibility index (Phi) is 2.70. The molecule has 0 atom stereocenters. The molecule has 0 aliphatic heterocycles. The van der Waals surface area contributed by atoms with Crippen LogP contribution in [0.15, 0.2) is 16.0 Å². The molecule has 0 amide bonds. The van der Waals surface area contributed by atoms with E-state index in [0.29, 0.717) is 11.4 Å². The number of ketones is 1. The second-order valence-electron chi connectivity index (χ2n) is 3.14. The fraction of sp³-hybridized carbons (Fsp3) is 0.222. The molecule has 15 heavy (non-hydrogen) atoms. The van der Waals surface area contributed by atoms with Crippen molar-refractivity contribution in [2.75, 3.05) is 0 Å². The van der Waals surface area contributed by atoms with Crippen molar-refractivity contribution in [3.63, 3.8) is 0 Å². The van der Waals surface area contributed by atoms with Gasteiger partial charge in [0, 0.05) is 12.4 Å². The third-order valence-corrected chi connectivity index (χ3v) is 3.61. The number of carbonyl (C=O) groups is 1. The van der Waals surface area contributed by atoms with Crippen LogP contribution in [0.1, 0.15) is 21.7 Å². The molecule has 0 spiro atoms. The molecule has 2 rings (SSSR count). The maximum Gasteiger partial charge on any atom is 0.231 e. The summed E-state index contributed by atoms with van der Waals surface area (Å²) < 4.78 is 6.37. The molecule has 2 aromatic rings. The van der Waals surface area contributed by atoms with Crippen LogP contribution >= 0.6 is 27.5 Å². The van der Waals surface area contributed by atoms with E-state index < -0.39 is 0 Å². The van der Waals surface area contributed by atoms with Crippen molar-refractivity contribution in [3.05, 3.63) is 33.0 Å². The number of rotatable bonds is 2. The summed E-state index contributed by atoms with van der Waals surface area (Å²) in [4.78, 5) is 12.1. The molecular formula is C9H8BrN3OS. The number of carbonyl (C=O) groups excluding carboxylic acids is 1. The minimum Gasteiger partial charge on any atom is -0.285 e. The fourth-order valence-corrected chi connectivity index (χ4v) is 2.54. The Bertz CT molecular complexity index is 498. The second kappa shape index (κ2) is 3.86. The predicted molar refractivity (Wildman–Crippen MR) is 61.2 cm³/mol. The maximum atomic E-state index is 12.1. The van der Waals surface area contributed by atoms with E-state index in [1.807, 2.05) is 6.92 Å². The number of aryl methyl sites for hydroxylation is 2. The van der Waals surface area contributed by atoms with Gasteiger partial charge in [0.15, 0.2) is 0 Å². The number of hydrogen-bond donors (Lipinski definition) is 0. The number of nitrogens with zero attached hydrogens (tertiary/aromatic N) is 3. The van der Waals surface area contributed by atoms with Crippen molar-refractivity contribution in [2.24, 2.45) is 7.05 Å². The average Bonchev–Trinajstić information content (AvgIpc) is 2.73. The van der Waals surface area contributed by atoms with Crippen molar-refractivity contribution in [1.82, 2.24) is 14.2 Å². The van der Waals surface area contributed by atoms with Crippen molar-refractivity contribution in [1.29, 1.82) is 0 Å². The van der Waals surface area contributed by atoms with Gasteiger partial charge in [-0.1, -0.05) is 0 Å². The third-order valence-electron chi connectivity index (χ3n) is 2.08. The van der Waals surface area contributed by atoms with E-state index in [4.69, 9.17) is 0 Å². The lowest BCUT2D eigenvalue weighted by Gasteiger charge is -2.00. The Labute approximate surface area is 99.2 Å². The van der Waals surface area contributed by atoms with Crippen LogP contribution in [0.25, 0.3) is 0 Å². The molecule has 0 unspecified atom stereocenters. The number of halogens is 1. The monoisotopic (exact) mass is 285 g/mol. The van der Waals surface area contributed by atoms with Gasteiger partial charge in [0.25, 0.3) is 0 Å². The van der Waals surface area contributed by atoms with Gasteiger partial charge in [-0.15, -0.1) is 0 Å². The maximum absolute atomic E-state index is 12.1. The van der Waals surface area contributed by atoms with Crippen LogP contribution in [-0.2, 0) is 7.05 Å². The summed E-state index contributed by atoms with van der Waals surface area (Å²) in [5.41, 5.74) is 1.90. The molecule has 0 bridgehead atoms. The largest absolute Gasteiger partial charge is 0.285 e. The Morgan fingerprint density at radius 2 is 2.33 bits per heavy atom. The Morgan fingerprint density at radius 1 is 1.60 bits per heavy atom. The van der Waals surface area contributed by atoms with Crippen LogP contribution in [-0.4, -0.2) is 19.9 Å². The SMILES string of the molecule is Cc1cnn(C)c1C(=O)c1nscc1Br. The first-order valence-electron chi connectivity index (χ1n) is 4.24. The molecule has 2 heterocycles. The molecule has 0 aliphatic carbocycles. The molecule has 0 N–H and O–H groups in total. The minimum absolute atomic E-state index is 0.0966. The zero-order valence-corrected chi connectivity index (χ0v) is 10.6. The van der Waals surface area contributed by atoms with E-state index in [9.17, 15) is 4.79 Å². The zero-order chi connectivity index (χ0) is 11.0. The van der Waals surface area contributed by atoms with Crippen LogP contribution in [0.3, 0.4) is 0 Å². The first-order valence-corrected chi connectivity index (χ1v) is 5.87. The summed E-state index contributed by atoms with van der Waals surface area (Å²) in [7, 11) is 1.75. The summed E-state index contributed by atoms with van der Waals surface area (Å²) in [5, 5.41) is 5.82. The highest BCUT2D eigenvalue weighted by molar-refractivity contribution is 9.10. The highest BCUT2D eigenvalue weighted by atomic mass is 79.9. The van der Waals surface area contributed by atoms with Gasteiger partial charge in [-0.25, -0.2) is 0 Å². The van der Waals surface area contributed by atoms with Gasteiger partial charge in [0.05, 0.1) is 10.7 Å². The second-order valence-corrected chi connectivity index (χ2v) is 4.62. The van der Waals surface area contributed by atoms with Crippen LogP contribution in [0.4, 0.5) is 0 Å². The molecule has 78 valence electrons. The van der Waals surface area contributed by atoms with Crippen molar-refractivity contribution in [2.45, 2.75) is 6.92 Å². The summed E-state index contributed by atoms with van der Waals surface area (Å²) >= 11 is 4.56. The summed E-state index contributed by atoms with van der Waals surface area (Å²) in [6.45, 7) is 1.86. The van der Waals surface area contributed by atoms with E-state index in [2.05, 4.69) is 25.4 Å². The van der Waals surface area contributed by atoms with Gasteiger partial charge in [-0.05, 0) is 39.9 Å². The quantitative estimate of drug-likeness (QED) is 0.795. The molecule has 0 aliphatic rings. The van der Waals surface area contributed by atoms with Crippen molar-refractivity contribution >= 4 is 33.2 Å². The highest BCUT2D eigenvalue weighted by Crippen LogP contribution is 2.21. The summed E-state index contributed by atoms with van der Waals surface area (Å²) in [5.74, 6) is -0.0966. The molecule has 2 aromatic heterocycles. The Balaban J connectivity index is 2.50. The molecule has 4 nitrogen and oxygen atoms in total. The first kappa shape index (κ1) is 10.5. The van der Waals surface area contributed by atoms with E-state index in [1.165, 1.54) is 11.5 Å². The minimum atomic E-state index is -0.0966. The van der Waals surface area contributed by atoms with Gasteiger partial charge >= 0.3 is 0 Å². The van der Waals surface area contributed by atoms with Gasteiger partial charge in [-0.2, -0.15) is 9.47 Å². The lowest BCUT2D eigenvalue weighted by Crippen LogP contribution is -2.10. The molecule has 0 saturated heterocycles. The van der Waals surface area contributed by atoms with Gasteiger partial charge in [0.1, 0.15) is 11.4 Å². The van der Waals surface area contributed by atoms with Gasteiger partial charge in [0.2, 0.25) is 5.78 Å². The third kappa shape index (κ3) is 1.74.